The summed E-state index contributed by atoms with van der Waals surface area (Å²) >= 11 is 0. The van der Waals surface area contributed by atoms with E-state index in [9.17, 15) is 9.59 Å². The van der Waals surface area contributed by atoms with E-state index in [2.05, 4.69) is 12.2 Å². The van der Waals surface area contributed by atoms with Gasteiger partial charge >= 0.3 is 0 Å². The molecule has 2 aromatic rings. The number of nitrogens with one attached hydrogen (secondary N) is 1. The molecule has 1 aliphatic carbocycles. The molecule has 0 bridgehead atoms. The summed E-state index contributed by atoms with van der Waals surface area (Å²) in [5.74, 6) is 1.47. The molecule has 0 spiro atoms. The molecule has 1 aliphatic rings. The van der Waals surface area contributed by atoms with Crippen LogP contribution in [0.2, 0.25) is 0 Å². The smallest absolute Gasteiger partial charge is 0.287 e. The molecule has 5 heteroatoms. The second-order valence-corrected chi connectivity index (χ2v) is 7.97. The molecule has 0 fully saturated rings. The lowest BCUT2D eigenvalue weighted by molar-refractivity contribution is 0.0888. The summed E-state index contributed by atoms with van der Waals surface area (Å²) in [5, 5.41) is 2.88. The van der Waals surface area contributed by atoms with Gasteiger partial charge in [0.1, 0.15) is 11.5 Å². The van der Waals surface area contributed by atoms with Crippen molar-refractivity contribution in [3.63, 3.8) is 0 Å². The first-order valence-electron chi connectivity index (χ1n) is 9.46. The highest BCUT2D eigenvalue weighted by Gasteiger charge is 2.36. The van der Waals surface area contributed by atoms with Crippen LogP contribution in [-0.2, 0) is 13.0 Å². The summed E-state index contributed by atoms with van der Waals surface area (Å²) in [7, 11) is 0. The summed E-state index contributed by atoms with van der Waals surface area (Å²) < 4.78 is 11.4. The highest BCUT2D eigenvalue weighted by atomic mass is 16.5. The van der Waals surface area contributed by atoms with Crippen LogP contribution in [0, 0.1) is 12.3 Å². The van der Waals surface area contributed by atoms with Crippen LogP contribution in [-0.4, -0.2) is 18.3 Å². The van der Waals surface area contributed by atoms with Crippen molar-refractivity contribution in [1.82, 2.24) is 5.32 Å². The Kier molecular flexibility index (Phi) is 5.40. The van der Waals surface area contributed by atoms with Crippen LogP contribution in [0.3, 0.4) is 0 Å². The van der Waals surface area contributed by atoms with Crippen molar-refractivity contribution in [3.05, 3.63) is 52.5 Å². The number of ether oxygens (including phenoxy) is 1. The topological polar surface area (TPSA) is 68.5 Å². The number of hydrogen-bond acceptors (Lipinski definition) is 4. The van der Waals surface area contributed by atoms with Crippen molar-refractivity contribution in [2.24, 2.45) is 5.41 Å². The van der Waals surface area contributed by atoms with Crippen LogP contribution in [0.25, 0.3) is 0 Å². The summed E-state index contributed by atoms with van der Waals surface area (Å²) in [4.78, 5) is 25.0. The minimum atomic E-state index is -0.293. The Hall–Kier alpha value is -2.56. The summed E-state index contributed by atoms with van der Waals surface area (Å²) in [5.41, 5.74) is 2.07. The van der Waals surface area contributed by atoms with E-state index in [0.29, 0.717) is 42.9 Å². The summed E-state index contributed by atoms with van der Waals surface area (Å²) in [6.45, 7) is 9.00. The molecule has 0 saturated carbocycles. The second-order valence-electron chi connectivity index (χ2n) is 7.97. The molecule has 0 unspecified atom stereocenters. The van der Waals surface area contributed by atoms with Crippen molar-refractivity contribution in [2.75, 3.05) is 6.61 Å². The first-order chi connectivity index (χ1) is 12.8. The number of furan rings is 1. The zero-order valence-electron chi connectivity index (χ0n) is 16.5. The van der Waals surface area contributed by atoms with Crippen molar-refractivity contribution in [2.45, 2.75) is 53.5 Å². The third-order valence-corrected chi connectivity index (χ3v) is 4.83. The molecule has 1 aromatic carbocycles. The number of Topliss-reactive ketones (excluding diaryl/α,β-unsaturated/α-hetero) is 1. The van der Waals surface area contributed by atoms with Crippen LogP contribution >= 0.6 is 0 Å². The van der Waals surface area contributed by atoms with Crippen LogP contribution in [0.1, 0.15) is 71.4 Å². The maximum atomic E-state index is 12.6. The summed E-state index contributed by atoms with van der Waals surface area (Å²) in [6.07, 6.45) is 2.11. The van der Waals surface area contributed by atoms with Gasteiger partial charge in [-0.25, -0.2) is 0 Å². The van der Waals surface area contributed by atoms with E-state index in [1.165, 1.54) is 0 Å². The Labute approximate surface area is 160 Å². The lowest BCUT2D eigenvalue weighted by atomic mass is 9.76. The Bertz CT molecular complexity index is 846. The number of rotatable bonds is 6. The minimum absolute atomic E-state index is 0.0595. The maximum Gasteiger partial charge on any atom is 0.287 e. The number of ketones is 1. The van der Waals surface area contributed by atoms with Gasteiger partial charge in [0.25, 0.3) is 5.91 Å². The third kappa shape index (κ3) is 4.24. The van der Waals surface area contributed by atoms with Crippen molar-refractivity contribution in [1.29, 1.82) is 0 Å². The van der Waals surface area contributed by atoms with Crippen molar-refractivity contribution in [3.8, 4) is 5.75 Å². The molecule has 1 heterocycles. The molecular formula is C22H27NO4. The molecule has 0 radical (unpaired) electrons. The first-order valence-corrected chi connectivity index (χ1v) is 9.46. The van der Waals surface area contributed by atoms with Crippen LogP contribution < -0.4 is 10.1 Å². The number of amides is 1. The fraction of sp³-hybridized carbons (Fsp3) is 0.455. The van der Waals surface area contributed by atoms with Crippen LogP contribution in [0.15, 0.2) is 28.7 Å². The van der Waals surface area contributed by atoms with Gasteiger partial charge in [-0.3, -0.25) is 9.59 Å². The SMILES string of the molecule is CCCOc1ccc(CNC(=O)c2oc3c(c2C)C(=O)CC(C)(C)C3)cc1. The fourth-order valence-corrected chi connectivity index (χ4v) is 3.49. The number of carbonyl (C=O) groups excluding carboxylic acids is 2. The quantitative estimate of drug-likeness (QED) is 0.816. The molecule has 3 rings (SSSR count). The van der Waals surface area contributed by atoms with E-state index >= 15 is 0 Å². The number of hydrogen-bond donors (Lipinski definition) is 1. The molecular weight excluding hydrogens is 342 g/mol. The highest BCUT2D eigenvalue weighted by Crippen LogP contribution is 2.38. The zero-order valence-corrected chi connectivity index (χ0v) is 16.5. The second kappa shape index (κ2) is 7.59. The number of fused-ring (bicyclic) bond motifs is 1. The molecule has 0 saturated heterocycles. The van der Waals surface area contributed by atoms with Crippen LogP contribution in [0.5, 0.6) is 5.75 Å². The fourth-order valence-electron chi connectivity index (χ4n) is 3.49. The molecule has 27 heavy (non-hydrogen) atoms. The normalized spacial score (nSPS) is 15.3. The Morgan fingerprint density at radius 2 is 1.93 bits per heavy atom. The van der Waals surface area contributed by atoms with Gasteiger partial charge in [0.15, 0.2) is 11.5 Å². The predicted octanol–water partition coefficient (Wildman–Crippen LogP) is 4.46. The average molecular weight is 369 g/mol. The van der Waals surface area contributed by atoms with E-state index in [1.807, 2.05) is 38.1 Å². The van der Waals surface area contributed by atoms with Crippen molar-refractivity contribution < 1.29 is 18.7 Å². The van der Waals surface area contributed by atoms with Gasteiger partial charge in [0, 0.05) is 24.9 Å². The van der Waals surface area contributed by atoms with Crippen LogP contribution in [0.4, 0.5) is 0 Å². The predicted molar refractivity (Wildman–Crippen MR) is 103 cm³/mol. The van der Waals surface area contributed by atoms with E-state index in [0.717, 1.165) is 17.7 Å². The minimum Gasteiger partial charge on any atom is -0.494 e. The lowest BCUT2D eigenvalue weighted by Crippen LogP contribution is -2.26. The van der Waals surface area contributed by atoms with Gasteiger partial charge < -0.3 is 14.5 Å². The van der Waals surface area contributed by atoms with E-state index in [1.54, 1.807) is 6.92 Å². The van der Waals surface area contributed by atoms with Gasteiger partial charge in [-0.05, 0) is 36.5 Å². The molecule has 0 aliphatic heterocycles. The molecule has 1 aromatic heterocycles. The lowest BCUT2D eigenvalue weighted by Gasteiger charge is -2.27. The number of carbonyl (C=O) groups is 2. The van der Waals surface area contributed by atoms with Gasteiger partial charge in [-0.1, -0.05) is 32.9 Å². The molecule has 1 N–H and O–H groups in total. The van der Waals surface area contributed by atoms with Gasteiger partial charge in [0.2, 0.25) is 0 Å². The maximum absolute atomic E-state index is 12.6. The molecule has 144 valence electrons. The first kappa shape index (κ1) is 19.2. The van der Waals surface area contributed by atoms with Gasteiger partial charge in [-0.15, -0.1) is 0 Å². The monoisotopic (exact) mass is 369 g/mol. The number of benzene rings is 1. The summed E-state index contributed by atoms with van der Waals surface area (Å²) in [6, 6.07) is 7.65. The Morgan fingerprint density at radius 3 is 2.59 bits per heavy atom. The largest absolute Gasteiger partial charge is 0.494 e. The van der Waals surface area contributed by atoms with Crippen molar-refractivity contribution >= 4 is 11.7 Å². The molecule has 5 nitrogen and oxygen atoms in total. The van der Waals surface area contributed by atoms with E-state index < -0.39 is 0 Å². The van der Waals surface area contributed by atoms with Gasteiger partial charge in [0.05, 0.1) is 12.2 Å². The third-order valence-electron chi connectivity index (χ3n) is 4.83. The Balaban J connectivity index is 1.68. The molecule has 0 atom stereocenters. The highest BCUT2D eigenvalue weighted by molar-refractivity contribution is 6.03. The van der Waals surface area contributed by atoms with E-state index in [-0.39, 0.29) is 22.9 Å². The van der Waals surface area contributed by atoms with Gasteiger partial charge in [-0.2, -0.15) is 0 Å². The zero-order chi connectivity index (χ0) is 19.6. The standard InChI is InChI=1S/C22H27NO4/c1-5-10-26-16-8-6-15(7-9-16)13-23-21(25)20-14(2)19-17(24)11-22(3,4)12-18(19)27-20/h6-9H,5,10-13H2,1-4H3,(H,23,25). The Morgan fingerprint density at radius 1 is 1.22 bits per heavy atom. The average Bonchev–Trinajstić information content (AvgIpc) is 2.94. The van der Waals surface area contributed by atoms with E-state index in [4.69, 9.17) is 9.15 Å². The molecule has 1 amide bonds.